The number of methoxy groups -OCH3 is 2. The zero-order valence-electron chi connectivity index (χ0n) is 12.1. The number of nitrogen functional groups attached to an aromatic ring is 2. The summed E-state index contributed by atoms with van der Waals surface area (Å²) < 4.78 is 37.1. The van der Waals surface area contributed by atoms with E-state index < -0.39 is 29.0 Å². The molecule has 122 valence electrons. The Hall–Kier alpha value is -2.61. The lowest BCUT2D eigenvalue weighted by Crippen LogP contribution is -2.09. The summed E-state index contributed by atoms with van der Waals surface area (Å²) in [5.74, 6) is -3.54. The first kappa shape index (κ1) is 16.8. The molecule has 0 unspecified atom stereocenters. The highest BCUT2D eigenvalue weighted by molar-refractivity contribution is 6.35. The highest BCUT2D eigenvalue weighted by Gasteiger charge is 2.22. The van der Waals surface area contributed by atoms with Gasteiger partial charge in [-0.3, -0.25) is 0 Å². The fourth-order valence-electron chi connectivity index (χ4n) is 1.93. The standard InChI is InChI=1S/C14H12ClF2N3O3/c1-22-13-6(16)3-5(11(19)10(13)17)8-4-7(18)9(15)12(20-8)14(21)23-2/h3-4H,19H2,1-2H3,(H2,18,20). The summed E-state index contributed by atoms with van der Waals surface area (Å²) in [4.78, 5) is 15.6. The van der Waals surface area contributed by atoms with Crippen LogP contribution in [0.5, 0.6) is 5.75 Å². The molecule has 0 atom stereocenters. The van der Waals surface area contributed by atoms with E-state index in [-0.39, 0.29) is 27.7 Å². The number of aromatic nitrogens is 1. The maximum atomic E-state index is 14.0. The van der Waals surface area contributed by atoms with Crippen molar-refractivity contribution in [1.82, 2.24) is 4.98 Å². The Kier molecular flexibility index (Phi) is 4.55. The monoisotopic (exact) mass is 343 g/mol. The summed E-state index contributed by atoms with van der Waals surface area (Å²) in [7, 11) is 2.23. The minimum atomic E-state index is -1.09. The Morgan fingerprint density at radius 3 is 2.48 bits per heavy atom. The lowest BCUT2D eigenvalue weighted by Gasteiger charge is -2.13. The molecule has 0 aliphatic carbocycles. The minimum Gasteiger partial charge on any atom is -0.491 e. The first-order valence-corrected chi connectivity index (χ1v) is 6.55. The van der Waals surface area contributed by atoms with Gasteiger partial charge in [-0.2, -0.15) is 0 Å². The number of hydrogen-bond acceptors (Lipinski definition) is 6. The van der Waals surface area contributed by atoms with Crippen LogP contribution >= 0.6 is 11.6 Å². The third-order valence-electron chi connectivity index (χ3n) is 3.06. The number of ether oxygens (including phenoxy) is 2. The van der Waals surface area contributed by atoms with Crippen LogP contribution < -0.4 is 16.2 Å². The second-order valence-electron chi connectivity index (χ2n) is 4.42. The van der Waals surface area contributed by atoms with Crippen molar-refractivity contribution < 1.29 is 23.0 Å². The first-order valence-electron chi connectivity index (χ1n) is 6.18. The van der Waals surface area contributed by atoms with E-state index in [4.69, 9.17) is 23.1 Å². The van der Waals surface area contributed by atoms with Gasteiger partial charge in [0.15, 0.2) is 23.1 Å². The molecule has 6 nitrogen and oxygen atoms in total. The van der Waals surface area contributed by atoms with Crippen molar-refractivity contribution in [2.24, 2.45) is 0 Å². The second-order valence-corrected chi connectivity index (χ2v) is 4.80. The van der Waals surface area contributed by atoms with Gasteiger partial charge in [0.25, 0.3) is 0 Å². The maximum Gasteiger partial charge on any atom is 0.358 e. The highest BCUT2D eigenvalue weighted by Crippen LogP contribution is 2.36. The fourth-order valence-corrected chi connectivity index (χ4v) is 2.11. The van der Waals surface area contributed by atoms with E-state index >= 15 is 0 Å². The smallest absolute Gasteiger partial charge is 0.358 e. The number of carbonyl (C=O) groups is 1. The summed E-state index contributed by atoms with van der Waals surface area (Å²) in [5.41, 5.74) is 10.5. The van der Waals surface area contributed by atoms with Gasteiger partial charge in [0.05, 0.1) is 36.3 Å². The number of anilines is 2. The first-order chi connectivity index (χ1) is 10.8. The fraction of sp³-hybridized carbons (Fsp3) is 0.143. The number of benzene rings is 1. The normalized spacial score (nSPS) is 10.5. The molecule has 0 fully saturated rings. The molecule has 2 aromatic rings. The molecule has 0 amide bonds. The number of nitrogens with zero attached hydrogens (tertiary/aromatic N) is 1. The van der Waals surface area contributed by atoms with Gasteiger partial charge in [0.1, 0.15) is 0 Å². The van der Waals surface area contributed by atoms with Crippen LogP contribution in [0.15, 0.2) is 12.1 Å². The predicted octanol–water partition coefficient (Wildman–Crippen LogP) is 2.64. The summed E-state index contributed by atoms with van der Waals surface area (Å²) >= 11 is 5.89. The van der Waals surface area contributed by atoms with Gasteiger partial charge in [0, 0.05) is 5.56 Å². The van der Waals surface area contributed by atoms with Crippen molar-refractivity contribution in [2.45, 2.75) is 0 Å². The lowest BCUT2D eigenvalue weighted by atomic mass is 10.1. The third-order valence-corrected chi connectivity index (χ3v) is 3.46. The van der Waals surface area contributed by atoms with Crippen LogP contribution in [0.25, 0.3) is 11.3 Å². The van der Waals surface area contributed by atoms with E-state index in [9.17, 15) is 13.6 Å². The topological polar surface area (TPSA) is 100 Å². The molecule has 0 bridgehead atoms. The quantitative estimate of drug-likeness (QED) is 0.656. The zero-order chi connectivity index (χ0) is 17.3. The molecule has 0 saturated carbocycles. The van der Waals surface area contributed by atoms with Crippen LogP contribution in [0.1, 0.15) is 10.5 Å². The Bertz CT molecular complexity index is 800. The van der Waals surface area contributed by atoms with Crippen molar-refractivity contribution >= 4 is 28.9 Å². The largest absolute Gasteiger partial charge is 0.491 e. The van der Waals surface area contributed by atoms with Gasteiger partial charge < -0.3 is 20.9 Å². The molecular weight excluding hydrogens is 332 g/mol. The highest BCUT2D eigenvalue weighted by atomic mass is 35.5. The molecule has 4 N–H and O–H groups in total. The number of carbonyl (C=O) groups excluding carboxylic acids is 1. The maximum absolute atomic E-state index is 14.0. The number of pyridine rings is 1. The van der Waals surface area contributed by atoms with Gasteiger partial charge in [-0.25, -0.2) is 18.6 Å². The number of rotatable bonds is 3. The van der Waals surface area contributed by atoms with Crippen LogP contribution in [-0.2, 0) is 4.74 Å². The molecule has 0 saturated heterocycles. The van der Waals surface area contributed by atoms with E-state index in [1.165, 1.54) is 6.07 Å². The van der Waals surface area contributed by atoms with E-state index in [1.807, 2.05) is 0 Å². The molecule has 9 heteroatoms. The number of esters is 1. The van der Waals surface area contributed by atoms with Crippen molar-refractivity contribution in [3.8, 4) is 17.0 Å². The van der Waals surface area contributed by atoms with Crippen LogP contribution in [0, 0.1) is 11.6 Å². The molecule has 0 radical (unpaired) electrons. The molecule has 0 spiro atoms. The number of halogens is 3. The molecule has 1 aromatic heterocycles. The van der Waals surface area contributed by atoms with Crippen molar-refractivity contribution in [2.75, 3.05) is 25.7 Å². The van der Waals surface area contributed by atoms with E-state index in [0.29, 0.717) is 0 Å². The van der Waals surface area contributed by atoms with Crippen LogP contribution in [0.4, 0.5) is 20.2 Å². The molecule has 0 aliphatic rings. The lowest BCUT2D eigenvalue weighted by molar-refractivity contribution is 0.0594. The van der Waals surface area contributed by atoms with Gasteiger partial charge >= 0.3 is 5.97 Å². The predicted molar refractivity (Wildman–Crippen MR) is 81.3 cm³/mol. The van der Waals surface area contributed by atoms with E-state index in [0.717, 1.165) is 20.3 Å². The van der Waals surface area contributed by atoms with Crippen LogP contribution in [-0.4, -0.2) is 25.2 Å². The van der Waals surface area contributed by atoms with Crippen molar-refractivity contribution in [3.05, 3.63) is 34.5 Å². The molecule has 2 rings (SSSR count). The van der Waals surface area contributed by atoms with Gasteiger partial charge in [0.2, 0.25) is 0 Å². The summed E-state index contributed by atoms with van der Waals surface area (Å²) in [6.07, 6.45) is 0. The zero-order valence-corrected chi connectivity index (χ0v) is 12.9. The second kappa shape index (κ2) is 6.25. The van der Waals surface area contributed by atoms with Crippen molar-refractivity contribution in [3.63, 3.8) is 0 Å². The Morgan fingerprint density at radius 2 is 1.91 bits per heavy atom. The molecule has 23 heavy (non-hydrogen) atoms. The van der Waals surface area contributed by atoms with Gasteiger partial charge in [-0.1, -0.05) is 11.6 Å². The van der Waals surface area contributed by atoms with Crippen LogP contribution in [0.3, 0.4) is 0 Å². The molecule has 1 aromatic carbocycles. The van der Waals surface area contributed by atoms with E-state index in [2.05, 4.69) is 14.5 Å². The SMILES string of the molecule is COC(=O)c1nc(-c2cc(F)c(OC)c(F)c2N)cc(N)c1Cl. The average Bonchev–Trinajstić information content (AvgIpc) is 2.53. The van der Waals surface area contributed by atoms with Gasteiger partial charge in [-0.15, -0.1) is 0 Å². The molecule has 1 heterocycles. The third kappa shape index (κ3) is 2.85. The Labute approximate surface area is 135 Å². The minimum absolute atomic E-state index is 0.0203. The number of hydrogen-bond donors (Lipinski definition) is 2. The summed E-state index contributed by atoms with van der Waals surface area (Å²) in [5, 5.41) is -0.131. The van der Waals surface area contributed by atoms with E-state index in [1.54, 1.807) is 0 Å². The van der Waals surface area contributed by atoms with Gasteiger partial charge in [-0.05, 0) is 12.1 Å². The van der Waals surface area contributed by atoms with Crippen molar-refractivity contribution in [1.29, 1.82) is 0 Å². The molecule has 0 aliphatic heterocycles. The number of nitrogens with two attached hydrogens (primary N) is 2. The Balaban J connectivity index is 2.73. The average molecular weight is 344 g/mol. The molecular formula is C14H12ClF2N3O3. The summed E-state index contributed by atoms with van der Waals surface area (Å²) in [6, 6.07) is 2.17. The summed E-state index contributed by atoms with van der Waals surface area (Å²) in [6.45, 7) is 0. The Morgan fingerprint density at radius 1 is 1.26 bits per heavy atom. The van der Waals surface area contributed by atoms with Crippen LogP contribution in [0.2, 0.25) is 5.02 Å².